The van der Waals surface area contributed by atoms with E-state index in [4.69, 9.17) is 9.47 Å². The number of thiophene rings is 1. The number of carbonyl (C=O) groups is 2. The molecule has 0 aliphatic rings. The van der Waals surface area contributed by atoms with E-state index < -0.39 is 23.7 Å². The highest BCUT2D eigenvalue weighted by molar-refractivity contribution is 7.07. The minimum absolute atomic E-state index is 0.145. The van der Waals surface area contributed by atoms with E-state index in [1.54, 1.807) is 20.8 Å². The van der Waals surface area contributed by atoms with Gasteiger partial charge in [0.05, 0.1) is 0 Å². The molecular formula is C19H23NO4S. The van der Waals surface area contributed by atoms with Crippen LogP contribution in [0.4, 0.5) is 4.79 Å². The molecule has 1 atom stereocenters. The highest BCUT2D eigenvalue weighted by atomic mass is 32.1. The zero-order chi connectivity index (χ0) is 18.3. The lowest BCUT2D eigenvalue weighted by molar-refractivity contribution is -0.157. The summed E-state index contributed by atoms with van der Waals surface area (Å²) < 4.78 is 10.6. The fourth-order valence-electron chi connectivity index (χ4n) is 2.12. The summed E-state index contributed by atoms with van der Waals surface area (Å²) in [4.78, 5) is 24.5. The molecule has 1 aromatic carbocycles. The first-order valence-corrected chi connectivity index (χ1v) is 8.99. The van der Waals surface area contributed by atoms with Crippen molar-refractivity contribution in [1.29, 1.82) is 0 Å². The average molecular weight is 361 g/mol. The van der Waals surface area contributed by atoms with Crippen LogP contribution in [0.5, 0.6) is 0 Å². The van der Waals surface area contributed by atoms with Crippen LogP contribution >= 0.6 is 11.3 Å². The Morgan fingerprint density at radius 2 is 1.84 bits per heavy atom. The maximum Gasteiger partial charge on any atom is 0.408 e. The van der Waals surface area contributed by atoms with Crippen molar-refractivity contribution in [3.63, 3.8) is 0 Å². The molecule has 25 heavy (non-hydrogen) atoms. The molecule has 0 saturated heterocycles. The number of amides is 1. The predicted molar refractivity (Wildman–Crippen MR) is 97.4 cm³/mol. The molecule has 0 aliphatic heterocycles. The van der Waals surface area contributed by atoms with Crippen molar-refractivity contribution in [1.82, 2.24) is 5.32 Å². The van der Waals surface area contributed by atoms with Crippen LogP contribution in [-0.2, 0) is 27.3 Å². The molecule has 0 unspecified atom stereocenters. The van der Waals surface area contributed by atoms with Gasteiger partial charge in [0, 0.05) is 6.42 Å². The van der Waals surface area contributed by atoms with Crippen LogP contribution in [-0.4, -0.2) is 23.7 Å². The fourth-order valence-corrected chi connectivity index (χ4v) is 2.80. The van der Waals surface area contributed by atoms with Gasteiger partial charge in [-0.05, 0) is 48.7 Å². The summed E-state index contributed by atoms with van der Waals surface area (Å²) in [6, 6.07) is 10.5. The van der Waals surface area contributed by atoms with Crippen LogP contribution < -0.4 is 5.32 Å². The van der Waals surface area contributed by atoms with Gasteiger partial charge in [-0.15, -0.1) is 0 Å². The van der Waals surface area contributed by atoms with Crippen LogP contribution in [0.3, 0.4) is 0 Å². The van der Waals surface area contributed by atoms with Gasteiger partial charge in [0.1, 0.15) is 18.2 Å². The molecule has 0 saturated carbocycles. The number of alkyl carbamates (subject to hydrolysis) is 1. The Balaban J connectivity index is 1.96. The fraction of sp³-hybridized carbons (Fsp3) is 0.368. The molecule has 0 aliphatic carbocycles. The molecule has 6 heteroatoms. The molecule has 0 fully saturated rings. The van der Waals surface area contributed by atoms with E-state index >= 15 is 0 Å². The summed E-state index contributed by atoms with van der Waals surface area (Å²) in [5.41, 5.74) is 1.22. The standard InChI is InChI=1S/C19H23NO4S/c1-19(2,3)24-17(21)16(11-15-9-10-25-13-15)20-18(22)23-12-14-7-5-4-6-8-14/h4-10,13,16H,11-12H2,1-3H3,(H,20,22)/t16-/m0/s1. The molecule has 0 spiro atoms. The number of hydrogen-bond donors (Lipinski definition) is 1. The van der Waals surface area contributed by atoms with Gasteiger partial charge < -0.3 is 14.8 Å². The molecular weight excluding hydrogens is 338 g/mol. The quantitative estimate of drug-likeness (QED) is 0.792. The topological polar surface area (TPSA) is 64.6 Å². The number of ether oxygens (including phenoxy) is 2. The first kappa shape index (κ1) is 19.0. The van der Waals surface area contributed by atoms with E-state index in [0.29, 0.717) is 6.42 Å². The number of carbonyl (C=O) groups excluding carboxylic acids is 2. The number of hydrogen-bond acceptors (Lipinski definition) is 5. The summed E-state index contributed by atoms with van der Waals surface area (Å²) in [6.07, 6.45) is -0.284. The largest absolute Gasteiger partial charge is 0.458 e. The van der Waals surface area contributed by atoms with Crippen LogP contribution in [0.1, 0.15) is 31.9 Å². The number of esters is 1. The third-order valence-electron chi connectivity index (χ3n) is 3.22. The van der Waals surface area contributed by atoms with Crippen molar-refractivity contribution >= 4 is 23.4 Å². The minimum atomic E-state index is -0.794. The number of rotatable bonds is 6. The molecule has 0 bridgehead atoms. The van der Waals surface area contributed by atoms with E-state index in [9.17, 15) is 9.59 Å². The maximum atomic E-state index is 12.4. The van der Waals surface area contributed by atoms with Crippen LogP contribution in [0.15, 0.2) is 47.2 Å². The lowest BCUT2D eigenvalue weighted by Gasteiger charge is -2.24. The van der Waals surface area contributed by atoms with Gasteiger partial charge in [0.2, 0.25) is 0 Å². The Labute approximate surface area is 152 Å². The second-order valence-electron chi connectivity index (χ2n) is 6.63. The molecule has 1 amide bonds. The second-order valence-corrected chi connectivity index (χ2v) is 7.41. The zero-order valence-corrected chi connectivity index (χ0v) is 15.5. The normalized spacial score (nSPS) is 12.3. The molecule has 134 valence electrons. The highest BCUT2D eigenvalue weighted by Crippen LogP contribution is 2.13. The Bertz CT molecular complexity index is 677. The average Bonchev–Trinajstić information content (AvgIpc) is 3.05. The molecule has 2 rings (SSSR count). The van der Waals surface area contributed by atoms with Crippen molar-refractivity contribution in [3.05, 3.63) is 58.3 Å². The smallest absolute Gasteiger partial charge is 0.408 e. The number of benzene rings is 1. The van der Waals surface area contributed by atoms with Crippen LogP contribution in [0, 0.1) is 0 Å². The molecule has 2 aromatic rings. The van der Waals surface area contributed by atoms with Gasteiger partial charge in [-0.2, -0.15) is 11.3 Å². The van der Waals surface area contributed by atoms with E-state index in [2.05, 4.69) is 5.32 Å². The number of nitrogens with one attached hydrogen (secondary N) is 1. The van der Waals surface area contributed by atoms with E-state index in [1.807, 2.05) is 47.2 Å². The maximum absolute atomic E-state index is 12.4. The van der Waals surface area contributed by atoms with Gasteiger partial charge in [-0.25, -0.2) is 9.59 Å². The van der Waals surface area contributed by atoms with Crippen molar-refractivity contribution in [2.45, 2.75) is 45.4 Å². The van der Waals surface area contributed by atoms with Gasteiger partial charge in [0.25, 0.3) is 0 Å². The van der Waals surface area contributed by atoms with Crippen molar-refractivity contribution in [2.24, 2.45) is 0 Å². The van der Waals surface area contributed by atoms with E-state index in [1.165, 1.54) is 11.3 Å². The Morgan fingerprint density at radius 1 is 1.12 bits per heavy atom. The summed E-state index contributed by atoms with van der Waals surface area (Å²) in [6.45, 7) is 5.52. The SMILES string of the molecule is CC(C)(C)OC(=O)[C@H](Cc1ccsc1)NC(=O)OCc1ccccc1. The summed E-state index contributed by atoms with van der Waals surface area (Å²) >= 11 is 1.54. The Hall–Kier alpha value is -2.34. The minimum Gasteiger partial charge on any atom is -0.458 e. The second kappa shape index (κ2) is 8.67. The van der Waals surface area contributed by atoms with Gasteiger partial charge in [-0.1, -0.05) is 30.3 Å². The monoisotopic (exact) mass is 361 g/mol. The first-order chi connectivity index (χ1) is 11.8. The summed E-state index contributed by atoms with van der Waals surface area (Å²) in [5.74, 6) is -0.477. The molecule has 1 N–H and O–H groups in total. The van der Waals surface area contributed by atoms with Gasteiger partial charge >= 0.3 is 12.1 Å². The summed E-state index contributed by atoms with van der Waals surface area (Å²) in [7, 11) is 0. The lowest BCUT2D eigenvalue weighted by atomic mass is 10.1. The molecule has 1 aromatic heterocycles. The van der Waals surface area contributed by atoms with E-state index in [0.717, 1.165) is 11.1 Å². The predicted octanol–water partition coefficient (Wildman–Crippen LogP) is 3.93. The summed E-state index contributed by atoms with van der Waals surface area (Å²) in [5, 5.41) is 6.48. The van der Waals surface area contributed by atoms with Gasteiger partial charge in [-0.3, -0.25) is 0 Å². The highest BCUT2D eigenvalue weighted by Gasteiger charge is 2.27. The van der Waals surface area contributed by atoms with Crippen molar-refractivity contribution in [3.8, 4) is 0 Å². The third kappa shape index (κ3) is 6.97. The zero-order valence-electron chi connectivity index (χ0n) is 14.7. The van der Waals surface area contributed by atoms with Crippen molar-refractivity contribution < 1.29 is 19.1 Å². The van der Waals surface area contributed by atoms with Crippen LogP contribution in [0.25, 0.3) is 0 Å². The molecule has 1 heterocycles. The molecule has 5 nitrogen and oxygen atoms in total. The van der Waals surface area contributed by atoms with E-state index in [-0.39, 0.29) is 6.61 Å². The van der Waals surface area contributed by atoms with Gasteiger partial charge in [0.15, 0.2) is 0 Å². The van der Waals surface area contributed by atoms with Crippen LogP contribution in [0.2, 0.25) is 0 Å². The first-order valence-electron chi connectivity index (χ1n) is 8.04. The Morgan fingerprint density at radius 3 is 2.44 bits per heavy atom. The Kier molecular flexibility index (Phi) is 6.58. The molecule has 0 radical (unpaired) electrons. The van der Waals surface area contributed by atoms with Crippen molar-refractivity contribution in [2.75, 3.05) is 0 Å². The third-order valence-corrected chi connectivity index (χ3v) is 3.95. The lowest BCUT2D eigenvalue weighted by Crippen LogP contribution is -2.45.